The van der Waals surface area contributed by atoms with Crippen LogP contribution < -0.4 is 15.0 Å². The number of carboxylic acid groups (broad SMARTS) is 1. The number of ether oxygens (including phenoxy) is 1. The van der Waals surface area contributed by atoms with E-state index in [1.54, 1.807) is 48.7 Å². The van der Waals surface area contributed by atoms with Gasteiger partial charge in [-0.05, 0) is 43.5 Å². The fourth-order valence-corrected chi connectivity index (χ4v) is 4.02. The van der Waals surface area contributed by atoms with Crippen LogP contribution >= 0.6 is 0 Å². The number of fused-ring (bicyclic) bond motifs is 1. The van der Waals surface area contributed by atoms with Crippen molar-refractivity contribution >= 4 is 17.5 Å². The molecule has 180 valence electrons. The summed E-state index contributed by atoms with van der Waals surface area (Å²) in [6.07, 6.45) is 1.70. The predicted octanol–water partition coefficient (Wildman–Crippen LogP) is 5.61. The molecule has 0 fully saturated rings. The van der Waals surface area contributed by atoms with Gasteiger partial charge in [0.1, 0.15) is 18.0 Å². The van der Waals surface area contributed by atoms with E-state index in [2.05, 4.69) is 15.2 Å². The Kier molecular flexibility index (Phi) is 6.29. The van der Waals surface area contributed by atoms with Gasteiger partial charge < -0.3 is 20.1 Å². The van der Waals surface area contributed by atoms with Gasteiger partial charge in [-0.2, -0.15) is 13.2 Å². The Labute approximate surface area is 195 Å². The molecule has 0 saturated heterocycles. The first kappa shape index (κ1) is 23.7. The zero-order chi connectivity index (χ0) is 24.5. The van der Waals surface area contributed by atoms with E-state index in [0.717, 1.165) is 16.8 Å². The number of pyridine rings is 1. The van der Waals surface area contributed by atoms with Gasteiger partial charge in [-0.1, -0.05) is 30.4 Å². The van der Waals surface area contributed by atoms with Gasteiger partial charge in [0.15, 0.2) is 5.82 Å². The summed E-state index contributed by atoms with van der Waals surface area (Å²) in [4.78, 5) is 17.7. The maximum atomic E-state index is 13.3. The third-order valence-electron chi connectivity index (χ3n) is 6.31. The van der Waals surface area contributed by atoms with Gasteiger partial charge in [0.05, 0.1) is 23.6 Å². The lowest BCUT2D eigenvalue weighted by Crippen LogP contribution is -2.37. The number of allylic oxidation sites excluding steroid dienone is 2. The maximum absolute atomic E-state index is 13.3. The number of aromatic carboxylic acids is 1. The number of halogens is 3. The Morgan fingerprint density at radius 2 is 2.03 bits per heavy atom. The number of anilines is 2. The lowest BCUT2D eigenvalue weighted by atomic mass is 9.81. The van der Waals surface area contributed by atoms with Crippen LogP contribution in [0.2, 0.25) is 0 Å². The van der Waals surface area contributed by atoms with Gasteiger partial charge in [0, 0.05) is 18.8 Å². The Morgan fingerprint density at radius 1 is 1.29 bits per heavy atom. The molecule has 6 nitrogen and oxygen atoms in total. The second-order valence-electron chi connectivity index (χ2n) is 8.80. The third kappa shape index (κ3) is 4.73. The zero-order valence-corrected chi connectivity index (χ0v) is 18.9. The quantitative estimate of drug-likeness (QED) is 0.568. The Morgan fingerprint density at radius 3 is 2.65 bits per heavy atom. The number of benzene rings is 1. The van der Waals surface area contributed by atoms with Crippen molar-refractivity contribution in [1.29, 1.82) is 0 Å². The Bertz CT molecular complexity index is 1130. The first-order valence-corrected chi connectivity index (χ1v) is 11.0. The number of alkyl halides is 3. The van der Waals surface area contributed by atoms with Crippen molar-refractivity contribution < 1.29 is 27.8 Å². The molecule has 1 aliphatic carbocycles. The summed E-state index contributed by atoms with van der Waals surface area (Å²) in [7, 11) is 0. The minimum absolute atomic E-state index is 0.0962. The van der Waals surface area contributed by atoms with Crippen LogP contribution in [-0.4, -0.2) is 41.9 Å². The highest BCUT2D eigenvalue weighted by Crippen LogP contribution is 2.45. The van der Waals surface area contributed by atoms with E-state index < -0.39 is 17.6 Å². The fourth-order valence-electron chi connectivity index (χ4n) is 4.02. The molecule has 0 saturated carbocycles. The number of carbonyl (C=O) groups is 1. The minimum Gasteiger partial charge on any atom is -0.489 e. The molecular weight excluding hydrogens is 447 g/mol. The summed E-state index contributed by atoms with van der Waals surface area (Å²) in [6.45, 7) is 4.60. The van der Waals surface area contributed by atoms with Crippen molar-refractivity contribution in [2.75, 3.05) is 29.9 Å². The lowest BCUT2D eigenvalue weighted by molar-refractivity contribution is -0.199. The van der Waals surface area contributed by atoms with Crippen LogP contribution in [0.5, 0.6) is 5.75 Å². The standard InChI is InChI=1S/C25H26F3N3O3/c1-16(18-3-5-19(6-4-18)23(32)33)30-22-21-20(9-12-29-22)34-14-13-31(21)15-17-7-10-24(2,11-8-17)25(26,27)28/h3-10,12,16H,11,13-15H2,1-2H3,(H,29,30)(H,32,33)/t16-,24?/m0/s1. The summed E-state index contributed by atoms with van der Waals surface area (Å²) in [5.74, 6) is 0.255. The highest BCUT2D eigenvalue weighted by molar-refractivity contribution is 5.87. The Balaban J connectivity index is 1.54. The topological polar surface area (TPSA) is 74.7 Å². The summed E-state index contributed by atoms with van der Waals surface area (Å²) < 4.78 is 45.8. The summed E-state index contributed by atoms with van der Waals surface area (Å²) in [6, 6.07) is 8.20. The van der Waals surface area contributed by atoms with E-state index >= 15 is 0 Å². The molecule has 2 aromatic rings. The first-order chi connectivity index (χ1) is 16.1. The van der Waals surface area contributed by atoms with Crippen molar-refractivity contribution in [2.45, 2.75) is 32.5 Å². The third-order valence-corrected chi connectivity index (χ3v) is 6.31. The smallest absolute Gasteiger partial charge is 0.397 e. The summed E-state index contributed by atoms with van der Waals surface area (Å²) in [5.41, 5.74) is 0.806. The number of carboxylic acids is 1. The van der Waals surface area contributed by atoms with E-state index in [9.17, 15) is 18.0 Å². The van der Waals surface area contributed by atoms with Gasteiger partial charge in [-0.25, -0.2) is 9.78 Å². The molecule has 0 bridgehead atoms. The molecule has 9 heteroatoms. The van der Waals surface area contributed by atoms with Crippen molar-refractivity contribution in [1.82, 2.24) is 4.98 Å². The number of nitrogens with zero attached hydrogens (tertiary/aromatic N) is 2. The van der Waals surface area contributed by atoms with E-state index in [0.29, 0.717) is 31.3 Å². The molecule has 0 spiro atoms. The normalized spacial score (nSPS) is 20.7. The molecule has 0 radical (unpaired) electrons. The van der Waals surface area contributed by atoms with Crippen LogP contribution in [0.4, 0.5) is 24.7 Å². The molecular formula is C25H26F3N3O3. The van der Waals surface area contributed by atoms with Crippen LogP contribution in [0.1, 0.15) is 42.2 Å². The molecule has 34 heavy (non-hydrogen) atoms. The van der Waals surface area contributed by atoms with Gasteiger partial charge >= 0.3 is 12.1 Å². The number of nitrogens with one attached hydrogen (secondary N) is 1. The molecule has 1 aliphatic heterocycles. The molecule has 2 aliphatic rings. The van der Waals surface area contributed by atoms with Gasteiger partial charge in [0.25, 0.3) is 0 Å². The average Bonchev–Trinajstić information content (AvgIpc) is 2.80. The van der Waals surface area contributed by atoms with Crippen molar-refractivity contribution in [3.63, 3.8) is 0 Å². The molecule has 2 heterocycles. The van der Waals surface area contributed by atoms with E-state index in [-0.39, 0.29) is 18.0 Å². The van der Waals surface area contributed by atoms with Crippen molar-refractivity contribution in [3.05, 3.63) is 71.5 Å². The molecule has 2 atom stereocenters. The van der Waals surface area contributed by atoms with Crippen LogP contribution in [0, 0.1) is 5.41 Å². The molecule has 2 N–H and O–H groups in total. The first-order valence-electron chi connectivity index (χ1n) is 11.0. The van der Waals surface area contributed by atoms with Crippen molar-refractivity contribution in [2.24, 2.45) is 5.41 Å². The lowest BCUT2D eigenvalue weighted by Gasteiger charge is -2.35. The molecule has 4 rings (SSSR count). The maximum Gasteiger partial charge on any atom is 0.397 e. The highest BCUT2D eigenvalue weighted by atomic mass is 19.4. The number of rotatable bonds is 6. The summed E-state index contributed by atoms with van der Waals surface area (Å²) >= 11 is 0. The molecule has 0 amide bonds. The monoisotopic (exact) mass is 473 g/mol. The van der Waals surface area contributed by atoms with Crippen molar-refractivity contribution in [3.8, 4) is 5.75 Å². The molecule has 1 unspecified atom stereocenters. The second-order valence-corrected chi connectivity index (χ2v) is 8.80. The minimum atomic E-state index is -4.29. The number of aromatic nitrogens is 1. The fraction of sp³-hybridized carbons (Fsp3) is 0.360. The molecule has 1 aromatic heterocycles. The number of hydrogen-bond acceptors (Lipinski definition) is 5. The van der Waals surface area contributed by atoms with Gasteiger partial charge in [-0.3, -0.25) is 0 Å². The SMILES string of the molecule is C[C@H](Nc1nccc2c1N(CC1=CCC(C)(C(F)(F)F)C=C1)CCO2)c1ccc(C(=O)O)cc1. The highest BCUT2D eigenvalue weighted by Gasteiger charge is 2.49. The largest absolute Gasteiger partial charge is 0.489 e. The van der Waals surface area contributed by atoms with E-state index in [4.69, 9.17) is 9.84 Å². The Hall–Kier alpha value is -3.49. The summed E-state index contributed by atoms with van der Waals surface area (Å²) in [5, 5.41) is 12.5. The van der Waals surface area contributed by atoms with Crippen LogP contribution in [0.15, 0.2) is 60.3 Å². The van der Waals surface area contributed by atoms with Gasteiger partial charge in [-0.15, -0.1) is 0 Å². The van der Waals surface area contributed by atoms with E-state index in [1.807, 2.05) is 6.92 Å². The number of hydrogen-bond donors (Lipinski definition) is 2. The van der Waals surface area contributed by atoms with Crippen LogP contribution in [0.25, 0.3) is 0 Å². The molecule has 1 aromatic carbocycles. The van der Waals surface area contributed by atoms with Crippen LogP contribution in [0.3, 0.4) is 0 Å². The zero-order valence-electron chi connectivity index (χ0n) is 18.9. The second kappa shape index (κ2) is 9.04. The van der Waals surface area contributed by atoms with E-state index in [1.165, 1.54) is 13.0 Å². The van der Waals surface area contributed by atoms with Crippen LogP contribution in [-0.2, 0) is 0 Å². The average molecular weight is 473 g/mol. The predicted molar refractivity (Wildman–Crippen MR) is 123 cm³/mol. The van der Waals surface area contributed by atoms with Gasteiger partial charge in [0.2, 0.25) is 0 Å².